The van der Waals surface area contributed by atoms with Crippen molar-refractivity contribution in [3.8, 4) is 0 Å². The Bertz CT molecular complexity index is 433. The fourth-order valence-corrected chi connectivity index (χ4v) is 3.32. The molecule has 92 valence electrons. The summed E-state index contributed by atoms with van der Waals surface area (Å²) in [4.78, 5) is 2.28. The highest BCUT2D eigenvalue weighted by Crippen LogP contribution is 2.46. The van der Waals surface area contributed by atoms with Crippen LogP contribution in [0.2, 0.25) is 0 Å². The van der Waals surface area contributed by atoms with Gasteiger partial charge in [-0.15, -0.1) is 0 Å². The lowest BCUT2D eigenvalue weighted by atomic mass is 9.94. The maximum Gasteiger partial charge on any atom is 0.0523 e. The van der Waals surface area contributed by atoms with Crippen LogP contribution in [0.4, 0.5) is 0 Å². The van der Waals surface area contributed by atoms with Gasteiger partial charge in [-0.25, -0.2) is 0 Å². The van der Waals surface area contributed by atoms with Crippen LogP contribution in [0.1, 0.15) is 42.0 Å². The van der Waals surface area contributed by atoms with Crippen molar-refractivity contribution in [2.75, 3.05) is 14.1 Å². The summed E-state index contributed by atoms with van der Waals surface area (Å²) < 4.78 is 0. The molecule has 2 aliphatic rings. The maximum absolute atomic E-state index is 6.43. The van der Waals surface area contributed by atoms with E-state index in [2.05, 4.69) is 37.2 Å². The molecule has 17 heavy (non-hydrogen) atoms. The van der Waals surface area contributed by atoms with E-state index in [9.17, 15) is 0 Å². The number of benzene rings is 1. The van der Waals surface area contributed by atoms with Crippen molar-refractivity contribution in [2.45, 2.75) is 43.7 Å². The van der Waals surface area contributed by atoms with Gasteiger partial charge in [0.1, 0.15) is 0 Å². The Morgan fingerprint density at radius 3 is 2.53 bits per heavy atom. The maximum atomic E-state index is 6.43. The van der Waals surface area contributed by atoms with E-state index in [0.717, 1.165) is 12.8 Å². The van der Waals surface area contributed by atoms with E-state index >= 15 is 0 Å². The second-order valence-electron chi connectivity index (χ2n) is 5.98. The third-order valence-electron chi connectivity index (χ3n) is 4.33. The monoisotopic (exact) mass is 230 g/mol. The highest BCUT2D eigenvalue weighted by atomic mass is 15.1. The fraction of sp³-hybridized carbons (Fsp3) is 0.600. The molecular formula is C15H22N2. The number of nitrogens with zero attached hydrogens (tertiary/aromatic N) is 1. The summed E-state index contributed by atoms with van der Waals surface area (Å²) in [6.07, 6.45) is 6.15. The summed E-state index contributed by atoms with van der Waals surface area (Å²) >= 11 is 0. The molecule has 0 amide bonds. The number of likely N-dealkylation sites (N-methyl/N-ethyl adjacent to an activating group) is 1. The quantitative estimate of drug-likeness (QED) is 0.863. The van der Waals surface area contributed by atoms with Gasteiger partial charge >= 0.3 is 0 Å². The molecule has 0 bridgehead atoms. The Hall–Kier alpha value is -0.860. The van der Waals surface area contributed by atoms with E-state index in [1.54, 1.807) is 11.1 Å². The summed E-state index contributed by atoms with van der Waals surface area (Å²) in [5.74, 6) is 0. The van der Waals surface area contributed by atoms with E-state index < -0.39 is 0 Å². The Morgan fingerprint density at radius 2 is 1.88 bits per heavy atom. The van der Waals surface area contributed by atoms with Crippen LogP contribution in [0.25, 0.3) is 0 Å². The smallest absolute Gasteiger partial charge is 0.0523 e. The third kappa shape index (κ3) is 1.90. The summed E-state index contributed by atoms with van der Waals surface area (Å²) in [6, 6.07) is 7.40. The van der Waals surface area contributed by atoms with Crippen LogP contribution in [0.5, 0.6) is 0 Å². The molecule has 0 aliphatic heterocycles. The minimum absolute atomic E-state index is 0.0241. The minimum Gasteiger partial charge on any atom is -0.323 e. The Balaban J connectivity index is 1.96. The average molecular weight is 230 g/mol. The molecule has 0 heterocycles. The molecule has 0 spiro atoms. The fourth-order valence-electron chi connectivity index (χ4n) is 3.32. The highest BCUT2D eigenvalue weighted by Gasteiger charge is 2.47. The zero-order valence-electron chi connectivity index (χ0n) is 10.9. The number of rotatable bonds is 3. The standard InChI is InChI=1S/C15H22N2/c1-17(2)14(15(16)8-9-15)13-7-6-11-4-3-5-12(11)10-13/h6-7,10,14H,3-5,8-9,16H2,1-2H3. The first-order chi connectivity index (χ1) is 8.10. The van der Waals surface area contributed by atoms with Gasteiger partial charge in [0.2, 0.25) is 0 Å². The molecule has 2 heteroatoms. The van der Waals surface area contributed by atoms with E-state index in [1.807, 2.05) is 0 Å². The molecule has 1 aromatic carbocycles. The van der Waals surface area contributed by atoms with E-state index in [1.165, 1.54) is 24.8 Å². The van der Waals surface area contributed by atoms with Crippen molar-refractivity contribution in [2.24, 2.45) is 5.73 Å². The first-order valence-corrected chi connectivity index (χ1v) is 6.67. The molecule has 0 aromatic heterocycles. The number of hydrogen-bond acceptors (Lipinski definition) is 2. The van der Waals surface area contributed by atoms with Crippen LogP contribution in [0.3, 0.4) is 0 Å². The first kappa shape index (κ1) is 11.2. The first-order valence-electron chi connectivity index (χ1n) is 6.67. The SMILES string of the molecule is CN(C)C(c1ccc2c(c1)CCC2)C1(N)CC1. The Labute approximate surface area is 104 Å². The highest BCUT2D eigenvalue weighted by molar-refractivity contribution is 5.38. The van der Waals surface area contributed by atoms with Gasteiger partial charge in [-0.3, -0.25) is 0 Å². The Kier molecular flexibility index (Phi) is 2.53. The molecule has 2 nitrogen and oxygen atoms in total. The topological polar surface area (TPSA) is 29.3 Å². The zero-order chi connectivity index (χ0) is 12.0. The lowest BCUT2D eigenvalue weighted by molar-refractivity contribution is 0.245. The average Bonchev–Trinajstić information content (AvgIpc) is 2.84. The molecule has 1 fully saturated rings. The van der Waals surface area contributed by atoms with Crippen molar-refractivity contribution >= 4 is 0 Å². The molecule has 1 saturated carbocycles. The van der Waals surface area contributed by atoms with Crippen molar-refractivity contribution in [1.82, 2.24) is 4.90 Å². The molecule has 1 atom stereocenters. The molecule has 2 aliphatic carbocycles. The number of nitrogens with two attached hydrogens (primary N) is 1. The van der Waals surface area contributed by atoms with Crippen molar-refractivity contribution in [3.05, 3.63) is 34.9 Å². The third-order valence-corrected chi connectivity index (χ3v) is 4.33. The van der Waals surface area contributed by atoms with Gasteiger partial charge in [0, 0.05) is 5.54 Å². The molecule has 0 radical (unpaired) electrons. The predicted molar refractivity (Wildman–Crippen MR) is 71.0 cm³/mol. The van der Waals surface area contributed by atoms with Gasteiger partial charge in [-0.1, -0.05) is 18.2 Å². The van der Waals surface area contributed by atoms with Gasteiger partial charge in [-0.05, 0) is 62.9 Å². The van der Waals surface area contributed by atoms with E-state index in [0.29, 0.717) is 6.04 Å². The van der Waals surface area contributed by atoms with Crippen molar-refractivity contribution in [3.63, 3.8) is 0 Å². The van der Waals surface area contributed by atoms with Gasteiger partial charge < -0.3 is 10.6 Å². The van der Waals surface area contributed by atoms with Crippen LogP contribution >= 0.6 is 0 Å². The number of fused-ring (bicyclic) bond motifs is 1. The van der Waals surface area contributed by atoms with Gasteiger partial charge in [0.25, 0.3) is 0 Å². The van der Waals surface area contributed by atoms with E-state index in [-0.39, 0.29) is 5.54 Å². The van der Waals surface area contributed by atoms with Crippen molar-refractivity contribution < 1.29 is 0 Å². The summed E-state index contributed by atoms with van der Waals surface area (Å²) in [5, 5.41) is 0. The number of hydrogen-bond donors (Lipinski definition) is 1. The van der Waals surface area contributed by atoms with Gasteiger partial charge in [0.15, 0.2) is 0 Å². The zero-order valence-corrected chi connectivity index (χ0v) is 10.9. The van der Waals surface area contributed by atoms with Crippen LogP contribution in [-0.2, 0) is 12.8 Å². The predicted octanol–water partition coefficient (Wildman–Crippen LogP) is 2.27. The van der Waals surface area contributed by atoms with Crippen LogP contribution in [0, 0.1) is 0 Å². The number of aryl methyl sites for hydroxylation is 2. The molecule has 2 N–H and O–H groups in total. The van der Waals surface area contributed by atoms with Gasteiger partial charge in [0.05, 0.1) is 6.04 Å². The summed E-state index contributed by atoms with van der Waals surface area (Å²) in [5.41, 5.74) is 11.0. The molecular weight excluding hydrogens is 208 g/mol. The minimum atomic E-state index is 0.0241. The lowest BCUT2D eigenvalue weighted by Crippen LogP contribution is -2.39. The summed E-state index contributed by atoms with van der Waals surface area (Å²) in [6.45, 7) is 0. The van der Waals surface area contributed by atoms with Gasteiger partial charge in [-0.2, -0.15) is 0 Å². The van der Waals surface area contributed by atoms with Crippen LogP contribution < -0.4 is 5.73 Å². The molecule has 1 aromatic rings. The second kappa shape index (κ2) is 3.82. The molecule has 3 rings (SSSR count). The Morgan fingerprint density at radius 1 is 1.18 bits per heavy atom. The largest absolute Gasteiger partial charge is 0.323 e. The second-order valence-corrected chi connectivity index (χ2v) is 5.98. The van der Waals surface area contributed by atoms with Crippen molar-refractivity contribution in [1.29, 1.82) is 0 Å². The lowest BCUT2D eigenvalue weighted by Gasteiger charge is -2.31. The van der Waals surface area contributed by atoms with Crippen LogP contribution in [0.15, 0.2) is 18.2 Å². The molecule has 0 saturated heterocycles. The van der Waals surface area contributed by atoms with E-state index in [4.69, 9.17) is 5.73 Å². The van der Waals surface area contributed by atoms with Crippen LogP contribution in [-0.4, -0.2) is 24.5 Å². The normalized spacial score (nSPS) is 22.6. The molecule has 1 unspecified atom stereocenters. The summed E-state index contributed by atoms with van der Waals surface area (Å²) in [7, 11) is 4.29.